The lowest BCUT2D eigenvalue weighted by molar-refractivity contribution is 0.0688. The van der Waals surface area contributed by atoms with Crippen LogP contribution in [0.1, 0.15) is 54.2 Å². The highest BCUT2D eigenvalue weighted by atomic mass is 35.5. The van der Waals surface area contributed by atoms with Crippen LogP contribution in [0.2, 0.25) is 5.15 Å². The molecule has 1 aliphatic rings. The van der Waals surface area contributed by atoms with Crippen molar-refractivity contribution in [2.45, 2.75) is 45.1 Å². The molecule has 0 atom stereocenters. The minimum absolute atomic E-state index is 0.0792. The van der Waals surface area contributed by atoms with Crippen molar-refractivity contribution in [3.05, 3.63) is 16.4 Å². The second kappa shape index (κ2) is 4.45. The molecule has 1 aliphatic carbocycles. The summed E-state index contributed by atoms with van der Waals surface area (Å²) in [7, 11) is 0. The lowest BCUT2D eigenvalue weighted by Gasteiger charge is -2.22. The SMILES string of the molecule is Cc1c(C(=O)O)nn(C2CCCCC2)c1Cl. The first-order valence-corrected chi connectivity index (χ1v) is 5.97. The van der Waals surface area contributed by atoms with Gasteiger partial charge in [0.15, 0.2) is 5.69 Å². The van der Waals surface area contributed by atoms with E-state index in [0.717, 1.165) is 12.8 Å². The minimum atomic E-state index is -1.01. The van der Waals surface area contributed by atoms with Crippen molar-refractivity contribution in [3.8, 4) is 0 Å². The maximum absolute atomic E-state index is 10.9. The van der Waals surface area contributed by atoms with Crippen molar-refractivity contribution < 1.29 is 9.90 Å². The summed E-state index contributed by atoms with van der Waals surface area (Å²) >= 11 is 6.13. The molecule has 0 amide bonds. The molecule has 1 aromatic rings. The molecule has 0 saturated heterocycles. The maximum atomic E-state index is 10.9. The number of hydrogen-bond donors (Lipinski definition) is 1. The Bertz CT molecular complexity index is 408. The van der Waals surface area contributed by atoms with Gasteiger partial charge in [0.1, 0.15) is 5.15 Å². The van der Waals surface area contributed by atoms with E-state index < -0.39 is 5.97 Å². The fraction of sp³-hybridized carbons (Fsp3) is 0.636. The van der Waals surface area contributed by atoms with Crippen LogP contribution in [0.25, 0.3) is 0 Å². The van der Waals surface area contributed by atoms with Crippen molar-refractivity contribution in [1.29, 1.82) is 0 Å². The van der Waals surface area contributed by atoms with Crippen molar-refractivity contribution >= 4 is 17.6 Å². The Morgan fingerprint density at radius 1 is 1.44 bits per heavy atom. The Kier molecular flexibility index (Phi) is 3.19. The van der Waals surface area contributed by atoms with Gasteiger partial charge < -0.3 is 5.11 Å². The van der Waals surface area contributed by atoms with E-state index >= 15 is 0 Å². The third-order valence-electron chi connectivity index (χ3n) is 3.20. The van der Waals surface area contributed by atoms with Gasteiger partial charge >= 0.3 is 5.97 Å². The van der Waals surface area contributed by atoms with E-state index in [1.807, 2.05) is 0 Å². The van der Waals surface area contributed by atoms with Gasteiger partial charge in [-0.15, -0.1) is 0 Å². The van der Waals surface area contributed by atoms with Crippen LogP contribution in [-0.4, -0.2) is 20.9 Å². The Hall–Kier alpha value is -1.03. The molecule has 1 saturated carbocycles. The second-order valence-corrected chi connectivity index (χ2v) is 4.66. The van der Waals surface area contributed by atoms with E-state index in [-0.39, 0.29) is 11.7 Å². The van der Waals surface area contributed by atoms with Crippen LogP contribution in [0.15, 0.2) is 0 Å². The number of carbonyl (C=O) groups is 1. The number of rotatable bonds is 2. The molecular formula is C11H15ClN2O2. The van der Waals surface area contributed by atoms with E-state index in [2.05, 4.69) is 5.10 Å². The molecule has 0 aliphatic heterocycles. The summed E-state index contributed by atoms with van der Waals surface area (Å²) in [6.45, 7) is 1.71. The number of halogens is 1. The number of carboxylic acid groups (broad SMARTS) is 1. The smallest absolute Gasteiger partial charge is 0.356 e. The standard InChI is InChI=1S/C11H15ClN2O2/c1-7-9(11(15)16)13-14(10(7)12)8-5-3-2-4-6-8/h8H,2-6H2,1H3,(H,15,16). The highest BCUT2D eigenvalue weighted by Gasteiger charge is 2.24. The van der Waals surface area contributed by atoms with Gasteiger partial charge in [-0.05, 0) is 19.8 Å². The second-order valence-electron chi connectivity index (χ2n) is 4.31. The molecule has 0 aromatic carbocycles. The molecule has 0 radical (unpaired) electrons. The van der Waals surface area contributed by atoms with Crippen LogP contribution in [0.4, 0.5) is 0 Å². The molecule has 1 N–H and O–H groups in total. The summed E-state index contributed by atoms with van der Waals surface area (Å²) < 4.78 is 1.69. The third kappa shape index (κ3) is 1.94. The Balaban J connectivity index is 2.33. The van der Waals surface area contributed by atoms with Gasteiger partial charge in [0.25, 0.3) is 0 Å². The predicted octanol–water partition coefficient (Wildman–Crippen LogP) is 3.05. The zero-order valence-electron chi connectivity index (χ0n) is 9.24. The summed E-state index contributed by atoms with van der Waals surface area (Å²) in [5, 5.41) is 13.6. The molecule has 1 aromatic heterocycles. The number of nitrogens with zero attached hydrogens (tertiary/aromatic N) is 2. The van der Waals surface area contributed by atoms with Crippen LogP contribution in [-0.2, 0) is 0 Å². The quantitative estimate of drug-likeness (QED) is 0.867. The van der Waals surface area contributed by atoms with Crippen LogP contribution in [0.3, 0.4) is 0 Å². The van der Waals surface area contributed by atoms with Gasteiger partial charge in [-0.2, -0.15) is 5.10 Å². The first-order valence-electron chi connectivity index (χ1n) is 5.59. The van der Waals surface area contributed by atoms with Gasteiger partial charge in [-0.1, -0.05) is 30.9 Å². The summed E-state index contributed by atoms with van der Waals surface area (Å²) in [5.41, 5.74) is 0.648. The molecule has 0 unspecified atom stereocenters. The summed E-state index contributed by atoms with van der Waals surface area (Å²) in [5.74, 6) is -1.01. The first kappa shape index (κ1) is 11.5. The average molecular weight is 243 g/mol. The van der Waals surface area contributed by atoms with Crippen LogP contribution < -0.4 is 0 Å². The number of carboxylic acids is 1. The van der Waals surface area contributed by atoms with Crippen LogP contribution in [0, 0.1) is 6.92 Å². The van der Waals surface area contributed by atoms with E-state index in [4.69, 9.17) is 16.7 Å². The van der Waals surface area contributed by atoms with Crippen molar-refractivity contribution in [1.82, 2.24) is 9.78 Å². The Labute approximate surface area is 99.2 Å². The highest BCUT2D eigenvalue weighted by Crippen LogP contribution is 2.32. The van der Waals surface area contributed by atoms with Crippen molar-refractivity contribution in [2.24, 2.45) is 0 Å². The Morgan fingerprint density at radius 2 is 2.06 bits per heavy atom. The van der Waals surface area contributed by atoms with E-state index in [9.17, 15) is 4.79 Å². The minimum Gasteiger partial charge on any atom is -0.476 e. The molecule has 0 spiro atoms. The molecule has 1 fully saturated rings. The molecule has 88 valence electrons. The first-order chi connectivity index (χ1) is 7.61. The zero-order chi connectivity index (χ0) is 11.7. The van der Waals surface area contributed by atoms with Crippen LogP contribution in [0.5, 0.6) is 0 Å². The van der Waals surface area contributed by atoms with Gasteiger partial charge in [0, 0.05) is 5.56 Å². The molecular weight excluding hydrogens is 228 g/mol. The number of hydrogen-bond acceptors (Lipinski definition) is 2. The van der Waals surface area contributed by atoms with Crippen molar-refractivity contribution in [2.75, 3.05) is 0 Å². The van der Waals surface area contributed by atoms with E-state index in [1.165, 1.54) is 19.3 Å². The third-order valence-corrected chi connectivity index (χ3v) is 3.65. The lowest BCUT2D eigenvalue weighted by Crippen LogP contribution is -2.15. The predicted molar refractivity (Wildman–Crippen MR) is 61.1 cm³/mol. The maximum Gasteiger partial charge on any atom is 0.356 e. The number of aromatic carboxylic acids is 1. The van der Waals surface area contributed by atoms with Gasteiger partial charge in [-0.25, -0.2) is 9.48 Å². The van der Waals surface area contributed by atoms with Gasteiger partial charge in [0.2, 0.25) is 0 Å². The summed E-state index contributed by atoms with van der Waals surface area (Å²) in [4.78, 5) is 10.9. The van der Waals surface area contributed by atoms with Gasteiger partial charge in [0.05, 0.1) is 6.04 Å². The number of aromatic nitrogens is 2. The lowest BCUT2D eigenvalue weighted by atomic mass is 9.96. The van der Waals surface area contributed by atoms with E-state index in [1.54, 1.807) is 11.6 Å². The molecule has 0 bridgehead atoms. The molecule has 16 heavy (non-hydrogen) atoms. The fourth-order valence-electron chi connectivity index (χ4n) is 2.27. The summed E-state index contributed by atoms with van der Waals surface area (Å²) in [6, 6.07) is 0.271. The normalized spacial score (nSPS) is 17.6. The van der Waals surface area contributed by atoms with Crippen LogP contribution >= 0.6 is 11.6 Å². The molecule has 2 rings (SSSR count). The molecule has 5 heteroatoms. The zero-order valence-corrected chi connectivity index (χ0v) is 10.00. The Morgan fingerprint density at radius 3 is 2.56 bits per heavy atom. The highest BCUT2D eigenvalue weighted by molar-refractivity contribution is 6.30. The topological polar surface area (TPSA) is 55.1 Å². The molecule has 1 heterocycles. The van der Waals surface area contributed by atoms with Gasteiger partial charge in [-0.3, -0.25) is 0 Å². The monoisotopic (exact) mass is 242 g/mol. The molecule has 4 nitrogen and oxygen atoms in total. The summed E-state index contributed by atoms with van der Waals surface area (Å²) in [6.07, 6.45) is 5.67. The largest absolute Gasteiger partial charge is 0.476 e. The average Bonchev–Trinajstić information content (AvgIpc) is 2.58. The van der Waals surface area contributed by atoms with Crippen molar-refractivity contribution in [3.63, 3.8) is 0 Å². The van der Waals surface area contributed by atoms with E-state index in [0.29, 0.717) is 10.7 Å². The fourth-order valence-corrected chi connectivity index (χ4v) is 2.53.